The Kier molecular flexibility index (Phi) is 4.88. The van der Waals surface area contributed by atoms with E-state index >= 15 is 0 Å². The molecule has 3 aromatic heterocycles. The number of benzene rings is 2. The van der Waals surface area contributed by atoms with Crippen molar-refractivity contribution in [2.24, 2.45) is 0 Å². The molecule has 3 heterocycles. The zero-order valence-electron chi connectivity index (χ0n) is 17.4. The summed E-state index contributed by atoms with van der Waals surface area (Å²) in [6.45, 7) is 0. The van der Waals surface area contributed by atoms with Gasteiger partial charge >= 0.3 is 0 Å². The highest BCUT2D eigenvalue weighted by atomic mass is 32.2. The van der Waals surface area contributed by atoms with Crippen molar-refractivity contribution in [2.45, 2.75) is 11.6 Å². The third kappa shape index (κ3) is 3.66. The van der Waals surface area contributed by atoms with Crippen LogP contribution >= 0.6 is 11.8 Å². The quantitative estimate of drug-likeness (QED) is 0.229. The number of hydrogen-bond donors (Lipinski definition) is 0. The molecule has 1 aliphatic carbocycles. The molecule has 2 aromatic carbocycles. The Labute approximate surface area is 193 Å². The first-order valence-electron chi connectivity index (χ1n) is 10.5. The molecule has 0 N–H and O–H groups in total. The van der Waals surface area contributed by atoms with Crippen LogP contribution in [0.4, 0.5) is 0 Å². The number of aromatic nitrogens is 3. The van der Waals surface area contributed by atoms with Crippen LogP contribution in [0, 0.1) is 0 Å². The van der Waals surface area contributed by atoms with Gasteiger partial charge < -0.3 is 8.83 Å². The fourth-order valence-electron chi connectivity index (χ4n) is 4.07. The molecule has 0 bridgehead atoms. The van der Waals surface area contributed by atoms with Gasteiger partial charge in [0.15, 0.2) is 23.0 Å². The smallest absolute Gasteiger partial charge is 0.210 e. The zero-order chi connectivity index (χ0) is 22.2. The monoisotopic (exact) mass is 451 g/mol. The number of nitrogens with zero attached hydrogens (tertiary/aromatic N) is 3. The molecule has 0 saturated carbocycles. The summed E-state index contributed by atoms with van der Waals surface area (Å²) in [5, 5.41) is 8.90. The first-order chi connectivity index (χ1) is 16.3. The fourth-order valence-corrected chi connectivity index (χ4v) is 4.75. The Bertz CT molecular complexity index is 1460. The summed E-state index contributed by atoms with van der Waals surface area (Å²) in [5.74, 6) is 1.35. The fraction of sp³-hybridized carbons (Fsp3) is 0.0769. The lowest BCUT2D eigenvalue weighted by atomic mass is 10.0. The molecule has 6 nitrogen and oxygen atoms in total. The van der Waals surface area contributed by atoms with E-state index < -0.39 is 0 Å². The van der Waals surface area contributed by atoms with E-state index in [2.05, 4.69) is 33.4 Å². The van der Waals surface area contributed by atoms with Crippen molar-refractivity contribution < 1.29 is 13.6 Å². The lowest BCUT2D eigenvalue weighted by Crippen LogP contribution is -2.05. The SMILES string of the molecule is O=C(CSc1nnc(-c2ccco2)c(-c2ccco2)n1)c1ccc2c(c1)Cc1ccccc1-2. The molecular weight excluding hydrogens is 434 g/mol. The van der Waals surface area contributed by atoms with Crippen LogP contribution in [-0.4, -0.2) is 26.7 Å². The molecule has 7 heteroatoms. The molecule has 0 saturated heterocycles. The molecule has 0 fully saturated rings. The number of furan rings is 2. The van der Waals surface area contributed by atoms with Gasteiger partial charge in [0.05, 0.1) is 18.3 Å². The number of carbonyl (C=O) groups excluding carboxylic acids is 1. The van der Waals surface area contributed by atoms with Crippen molar-refractivity contribution in [1.29, 1.82) is 0 Å². The van der Waals surface area contributed by atoms with Crippen molar-refractivity contribution in [3.8, 4) is 34.0 Å². The normalized spacial score (nSPS) is 11.9. The molecule has 1 aliphatic rings. The Morgan fingerprint density at radius 2 is 1.58 bits per heavy atom. The highest BCUT2D eigenvalue weighted by Crippen LogP contribution is 2.37. The van der Waals surface area contributed by atoms with Crippen LogP contribution in [0.5, 0.6) is 0 Å². The third-order valence-electron chi connectivity index (χ3n) is 5.62. The zero-order valence-corrected chi connectivity index (χ0v) is 18.2. The average Bonchev–Trinajstić information content (AvgIpc) is 3.62. The second-order valence-electron chi connectivity index (χ2n) is 7.66. The van der Waals surface area contributed by atoms with E-state index in [1.807, 2.05) is 24.3 Å². The predicted octanol–water partition coefficient (Wildman–Crippen LogP) is 5.94. The van der Waals surface area contributed by atoms with Gasteiger partial charge in [0.2, 0.25) is 5.16 Å². The number of fused-ring (bicyclic) bond motifs is 3. The van der Waals surface area contributed by atoms with Gasteiger partial charge in [-0.2, -0.15) is 0 Å². The second kappa shape index (κ2) is 8.18. The Morgan fingerprint density at radius 3 is 2.36 bits per heavy atom. The third-order valence-corrected chi connectivity index (χ3v) is 6.46. The van der Waals surface area contributed by atoms with Crippen LogP contribution in [0.3, 0.4) is 0 Å². The minimum atomic E-state index is 0.0250. The molecule has 0 radical (unpaired) electrons. The molecule has 0 unspecified atom stereocenters. The van der Waals surface area contributed by atoms with Gasteiger partial charge in [-0.25, -0.2) is 4.98 Å². The van der Waals surface area contributed by atoms with Gasteiger partial charge in [0.25, 0.3) is 0 Å². The topological polar surface area (TPSA) is 82.0 Å². The molecular formula is C26H17N3O3S. The number of carbonyl (C=O) groups is 1. The van der Waals surface area contributed by atoms with Crippen molar-refractivity contribution >= 4 is 17.5 Å². The first kappa shape index (κ1) is 19.7. The van der Waals surface area contributed by atoms with Gasteiger partial charge in [-0.15, -0.1) is 10.2 Å². The molecule has 0 amide bonds. The summed E-state index contributed by atoms with van der Waals surface area (Å²) < 4.78 is 11.0. The number of rotatable bonds is 6. The summed E-state index contributed by atoms with van der Waals surface area (Å²) in [6.07, 6.45) is 4.00. The highest BCUT2D eigenvalue weighted by Gasteiger charge is 2.21. The number of hydrogen-bond acceptors (Lipinski definition) is 7. The summed E-state index contributed by atoms with van der Waals surface area (Å²) in [6, 6.07) is 21.5. The van der Waals surface area contributed by atoms with Crippen LogP contribution in [0.2, 0.25) is 0 Å². The van der Waals surface area contributed by atoms with E-state index in [1.165, 1.54) is 34.0 Å². The van der Waals surface area contributed by atoms with Crippen molar-refractivity contribution in [3.05, 3.63) is 95.9 Å². The summed E-state index contributed by atoms with van der Waals surface area (Å²) in [4.78, 5) is 17.5. The van der Waals surface area contributed by atoms with E-state index in [1.54, 1.807) is 36.8 Å². The molecule has 160 valence electrons. The van der Waals surface area contributed by atoms with Crippen molar-refractivity contribution in [2.75, 3.05) is 5.75 Å². The van der Waals surface area contributed by atoms with Crippen LogP contribution in [0.1, 0.15) is 21.5 Å². The van der Waals surface area contributed by atoms with Gasteiger partial charge in [-0.05, 0) is 59.0 Å². The summed E-state index contributed by atoms with van der Waals surface area (Å²) in [5.41, 5.74) is 6.65. The van der Waals surface area contributed by atoms with Crippen LogP contribution < -0.4 is 0 Å². The van der Waals surface area contributed by atoms with Crippen molar-refractivity contribution in [3.63, 3.8) is 0 Å². The van der Waals surface area contributed by atoms with Gasteiger partial charge in [-0.3, -0.25) is 4.79 Å². The van der Waals surface area contributed by atoms with Crippen molar-refractivity contribution in [1.82, 2.24) is 15.2 Å². The first-order valence-corrected chi connectivity index (χ1v) is 11.4. The van der Waals surface area contributed by atoms with Crippen LogP contribution in [0.25, 0.3) is 34.0 Å². The van der Waals surface area contributed by atoms with Crippen LogP contribution in [0.15, 0.2) is 93.2 Å². The second-order valence-corrected chi connectivity index (χ2v) is 8.61. The Morgan fingerprint density at radius 1 is 0.818 bits per heavy atom. The van der Waals surface area contributed by atoms with Gasteiger partial charge in [-0.1, -0.05) is 48.2 Å². The standard InChI is InChI=1S/C26H17N3O3S/c30-21(17-9-10-20-18(14-17)13-16-5-1-2-6-19(16)20)15-33-26-27-24(22-7-3-11-31-22)25(28-29-26)23-8-4-12-32-23/h1-12,14H,13,15H2. The van der Waals surface area contributed by atoms with Crippen LogP contribution in [-0.2, 0) is 6.42 Å². The molecule has 0 aliphatic heterocycles. The number of thioether (sulfide) groups is 1. The van der Waals surface area contributed by atoms with E-state index in [0.29, 0.717) is 33.6 Å². The maximum atomic E-state index is 12.9. The number of ketones is 1. The lowest BCUT2D eigenvalue weighted by molar-refractivity contribution is 0.102. The lowest BCUT2D eigenvalue weighted by Gasteiger charge is -2.06. The Hall–Kier alpha value is -3.97. The number of Topliss-reactive ketones (excluding diaryl/α,β-unsaturated/α-hetero) is 1. The maximum Gasteiger partial charge on any atom is 0.210 e. The maximum absolute atomic E-state index is 12.9. The summed E-state index contributed by atoms with van der Waals surface area (Å²) >= 11 is 1.25. The molecule has 0 spiro atoms. The van der Waals surface area contributed by atoms with Gasteiger partial charge in [0.1, 0.15) is 5.69 Å². The predicted molar refractivity (Wildman–Crippen MR) is 125 cm³/mol. The minimum Gasteiger partial charge on any atom is -0.463 e. The largest absolute Gasteiger partial charge is 0.463 e. The minimum absolute atomic E-state index is 0.0250. The summed E-state index contributed by atoms with van der Waals surface area (Å²) in [7, 11) is 0. The molecule has 33 heavy (non-hydrogen) atoms. The molecule has 5 aromatic rings. The average molecular weight is 452 g/mol. The van der Waals surface area contributed by atoms with E-state index in [9.17, 15) is 4.79 Å². The highest BCUT2D eigenvalue weighted by molar-refractivity contribution is 7.99. The van der Waals surface area contributed by atoms with E-state index in [0.717, 1.165) is 6.42 Å². The molecule has 0 atom stereocenters. The Balaban J connectivity index is 1.22. The molecule has 6 rings (SSSR count). The van der Waals surface area contributed by atoms with E-state index in [-0.39, 0.29) is 11.5 Å². The van der Waals surface area contributed by atoms with Gasteiger partial charge in [0, 0.05) is 5.56 Å². The van der Waals surface area contributed by atoms with E-state index in [4.69, 9.17) is 8.83 Å².